The lowest BCUT2D eigenvalue weighted by molar-refractivity contribution is -0.129. The topological polar surface area (TPSA) is 53.3 Å². The Labute approximate surface area is 90.8 Å². The Hall–Kier alpha value is -1.08. The van der Waals surface area contributed by atoms with E-state index < -0.39 is 0 Å². The molecular weight excluding hydrogens is 192 g/mol. The van der Waals surface area contributed by atoms with Crippen LogP contribution in [-0.4, -0.2) is 37.1 Å². The van der Waals surface area contributed by atoms with Gasteiger partial charge in [-0.15, -0.1) is 0 Å². The van der Waals surface area contributed by atoms with Crippen LogP contribution in [-0.2, 0) is 9.53 Å². The van der Waals surface area contributed by atoms with E-state index in [1.165, 1.54) is 0 Å². The number of amides is 1. The van der Waals surface area contributed by atoms with Gasteiger partial charge in [0.25, 0.3) is 0 Å². The number of nitriles is 1. The Kier molecular flexibility index (Phi) is 4.57. The summed E-state index contributed by atoms with van der Waals surface area (Å²) in [5.74, 6) is 0.843. The molecule has 1 aliphatic rings. The number of hydrogen-bond acceptors (Lipinski definition) is 3. The van der Waals surface area contributed by atoms with Crippen LogP contribution in [0.15, 0.2) is 0 Å². The van der Waals surface area contributed by atoms with Crippen LogP contribution in [0.25, 0.3) is 0 Å². The first-order valence-corrected chi connectivity index (χ1v) is 5.41. The average Bonchev–Trinajstić information content (AvgIpc) is 2.57. The van der Waals surface area contributed by atoms with Gasteiger partial charge in [0.05, 0.1) is 12.7 Å². The van der Waals surface area contributed by atoms with Crippen LogP contribution < -0.4 is 0 Å². The first-order valence-electron chi connectivity index (χ1n) is 5.41. The van der Waals surface area contributed by atoms with Crippen molar-refractivity contribution in [3.05, 3.63) is 0 Å². The minimum atomic E-state index is -0.0525. The molecule has 0 bridgehead atoms. The monoisotopic (exact) mass is 210 g/mol. The molecular formula is C11H18N2O2. The number of nitrogens with zero attached hydrogens (tertiary/aromatic N) is 2. The highest BCUT2D eigenvalue weighted by atomic mass is 16.5. The molecule has 0 spiro atoms. The summed E-state index contributed by atoms with van der Waals surface area (Å²) in [6.45, 7) is 7.03. The number of carbonyl (C=O) groups is 1. The predicted octanol–water partition coefficient (Wildman–Crippen LogP) is 1.03. The van der Waals surface area contributed by atoms with Gasteiger partial charge in [-0.05, 0) is 12.8 Å². The minimum Gasteiger partial charge on any atom is -0.381 e. The zero-order chi connectivity index (χ0) is 11.3. The fraction of sp³-hybridized carbons (Fsp3) is 0.818. The third-order valence-corrected chi connectivity index (χ3v) is 2.89. The Morgan fingerprint density at radius 3 is 2.93 bits per heavy atom. The Bertz CT molecular complexity index is 260. The summed E-state index contributed by atoms with van der Waals surface area (Å²) in [5, 5.41) is 8.45. The van der Waals surface area contributed by atoms with Crippen molar-refractivity contribution in [1.29, 1.82) is 5.26 Å². The van der Waals surface area contributed by atoms with Crippen LogP contribution in [0.5, 0.6) is 0 Å². The SMILES string of the molecule is CCOC[C@@H]1CN(C(=O)CC#N)C[C@@H]1C. The summed E-state index contributed by atoms with van der Waals surface area (Å²) < 4.78 is 5.37. The van der Waals surface area contributed by atoms with Gasteiger partial charge in [-0.3, -0.25) is 4.79 Å². The molecule has 1 rings (SSSR count). The molecule has 0 aromatic carbocycles. The minimum absolute atomic E-state index is 0.00588. The third kappa shape index (κ3) is 3.21. The number of hydrogen-bond donors (Lipinski definition) is 0. The summed E-state index contributed by atoms with van der Waals surface area (Å²) >= 11 is 0. The highest BCUT2D eigenvalue weighted by Crippen LogP contribution is 2.23. The second kappa shape index (κ2) is 5.72. The Balaban J connectivity index is 2.41. The maximum atomic E-state index is 11.5. The predicted molar refractivity (Wildman–Crippen MR) is 56.0 cm³/mol. The van der Waals surface area contributed by atoms with Crippen LogP contribution in [0.4, 0.5) is 0 Å². The van der Waals surface area contributed by atoms with Crippen LogP contribution in [0.2, 0.25) is 0 Å². The molecule has 0 N–H and O–H groups in total. The van der Waals surface area contributed by atoms with E-state index in [1.807, 2.05) is 13.0 Å². The van der Waals surface area contributed by atoms with Crippen molar-refractivity contribution < 1.29 is 9.53 Å². The summed E-state index contributed by atoms with van der Waals surface area (Å²) in [7, 11) is 0. The summed E-state index contributed by atoms with van der Waals surface area (Å²) in [5.41, 5.74) is 0. The molecule has 4 heteroatoms. The fourth-order valence-electron chi connectivity index (χ4n) is 1.90. The molecule has 1 heterocycles. The van der Waals surface area contributed by atoms with Gasteiger partial charge in [-0.1, -0.05) is 6.92 Å². The molecule has 0 unspecified atom stereocenters. The molecule has 0 saturated carbocycles. The van der Waals surface area contributed by atoms with E-state index in [2.05, 4.69) is 6.92 Å². The van der Waals surface area contributed by atoms with Crippen molar-refractivity contribution in [2.24, 2.45) is 11.8 Å². The van der Waals surface area contributed by atoms with E-state index in [-0.39, 0.29) is 12.3 Å². The first-order chi connectivity index (χ1) is 7.19. The molecule has 1 fully saturated rings. The van der Waals surface area contributed by atoms with E-state index in [0.29, 0.717) is 18.4 Å². The molecule has 0 radical (unpaired) electrons. The molecule has 1 saturated heterocycles. The zero-order valence-corrected chi connectivity index (χ0v) is 9.40. The molecule has 1 aliphatic heterocycles. The normalized spacial score (nSPS) is 25.3. The summed E-state index contributed by atoms with van der Waals surface area (Å²) in [6, 6.07) is 1.89. The lowest BCUT2D eigenvalue weighted by Crippen LogP contribution is -2.28. The van der Waals surface area contributed by atoms with Crippen molar-refractivity contribution in [2.75, 3.05) is 26.3 Å². The number of carbonyl (C=O) groups excluding carboxylic acids is 1. The smallest absolute Gasteiger partial charge is 0.236 e. The largest absolute Gasteiger partial charge is 0.381 e. The van der Waals surface area contributed by atoms with Crippen molar-refractivity contribution in [1.82, 2.24) is 4.90 Å². The van der Waals surface area contributed by atoms with Crippen LogP contribution in [0.1, 0.15) is 20.3 Å². The summed E-state index contributed by atoms with van der Waals surface area (Å²) in [6.07, 6.45) is -0.00588. The van der Waals surface area contributed by atoms with Crippen molar-refractivity contribution in [3.63, 3.8) is 0 Å². The van der Waals surface area contributed by atoms with E-state index in [0.717, 1.165) is 19.7 Å². The highest BCUT2D eigenvalue weighted by Gasteiger charge is 2.31. The van der Waals surface area contributed by atoms with Gasteiger partial charge < -0.3 is 9.64 Å². The zero-order valence-electron chi connectivity index (χ0n) is 9.40. The number of rotatable bonds is 4. The second-order valence-electron chi connectivity index (χ2n) is 4.03. The Morgan fingerprint density at radius 1 is 1.60 bits per heavy atom. The summed E-state index contributed by atoms with van der Waals surface area (Å²) in [4.78, 5) is 13.2. The highest BCUT2D eigenvalue weighted by molar-refractivity contribution is 5.78. The molecule has 84 valence electrons. The van der Waals surface area contributed by atoms with Crippen molar-refractivity contribution in [3.8, 4) is 6.07 Å². The molecule has 15 heavy (non-hydrogen) atoms. The average molecular weight is 210 g/mol. The van der Waals surface area contributed by atoms with Crippen molar-refractivity contribution >= 4 is 5.91 Å². The fourth-order valence-corrected chi connectivity index (χ4v) is 1.90. The maximum absolute atomic E-state index is 11.5. The van der Waals surface area contributed by atoms with E-state index in [4.69, 9.17) is 10.00 Å². The quantitative estimate of drug-likeness (QED) is 0.696. The molecule has 1 amide bonds. The van der Waals surface area contributed by atoms with Crippen LogP contribution in [0, 0.1) is 23.2 Å². The first kappa shape index (κ1) is 12.0. The second-order valence-corrected chi connectivity index (χ2v) is 4.03. The standard InChI is InChI=1S/C11H18N2O2/c1-3-15-8-10-7-13(6-9(10)2)11(14)4-5-12/h9-10H,3-4,6-8H2,1-2H3/t9-,10-/m0/s1. The third-order valence-electron chi connectivity index (χ3n) is 2.89. The van der Waals surface area contributed by atoms with E-state index in [1.54, 1.807) is 4.90 Å². The van der Waals surface area contributed by atoms with Gasteiger partial charge in [-0.2, -0.15) is 5.26 Å². The molecule has 2 atom stereocenters. The molecule has 4 nitrogen and oxygen atoms in total. The lowest BCUT2D eigenvalue weighted by Gasteiger charge is -2.14. The van der Waals surface area contributed by atoms with Gasteiger partial charge >= 0.3 is 0 Å². The maximum Gasteiger partial charge on any atom is 0.236 e. The molecule has 0 aromatic rings. The van der Waals surface area contributed by atoms with Gasteiger partial charge in [0, 0.05) is 25.6 Å². The van der Waals surface area contributed by atoms with E-state index >= 15 is 0 Å². The van der Waals surface area contributed by atoms with Crippen LogP contribution >= 0.6 is 0 Å². The van der Waals surface area contributed by atoms with Gasteiger partial charge in [0.1, 0.15) is 6.42 Å². The lowest BCUT2D eigenvalue weighted by atomic mass is 9.99. The van der Waals surface area contributed by atoms with Gasteiger partial charge in [-0.25, -0.2) is 0 Å². The Morgan fingerprint density at radius 2 is 2.33 bits per heavy atom. The number of likely N-dealkylation sites (tertiary alicyclic amines) is 1. The van der Waals surface area contributed by atoms with Crippen molar-refractivity contribution in [2.45, 2.75) is 20.3 Å². The number of ether oxygens (including phenoxy) is 1. The molecule has 0 aliphatic carbocycles. The van der Waals surface area contributed by atoms with Gasteiger partial charge in [0.2, 0.25) is 5.91 Å². The molecule has 0 aromatic heterocycles. The van der Waals surface area contributed by atoms with E-state index in [9.17, 15) is 4.79 Å². The van der Waals surface area contributed by atoms with Crippen LogP contribution in [0.3, 0.4) is 0 Å². The van der Waals surface area contributed by atoms with Gasteiger partial charge in [0.15, 0.2) is 0 Å².